The number of amides is 2. The summed E-state index contributed by atoms with van der Waals surface area (Å²) in [5.41, 5.74) is 0.608. The number of nitrogens with one attached hydrogen (secondary N) is 1. The number of nitrogens with zero attached hydrogens (tertiary/aromatic N) is 1. The summed E-state index contributed by atoms with van der Waals surface area (Å²) in [6.45, 7) is 3.76. The molecule has 114 valence electrons. The predicted octanol–water partition coefficient (Wildman–Crippen LogP) is 1.66. The molecular weight excluding hydrogens is 383 g/mol. The highest BCUT2D eigenvalue weighted by molar-refractivity contribution is 14.1. The summed E-state index contributed by atoms with van der Waals surface area (Å²) in [5, 5.41) is 2.84. The average Bonchev–Trinajstić information content (AvgIpc) is 2.52. The first-order valence-electron chi connectivity index (χ1n) is 7.05. The van der Waals surface area contributed by atoms with E-state index in [0.717, 1.165) is 9.99 Å². The normalized spacial score (nSPS) is 18.4. The van der Waals surface area contributed by atoms with Gasteiger partial charge < -0.3 is 15.0 Å². The maximum absolute atomic E-state index is 12.6. The molecule has 2 rings (SSSR count). The van der Waals surface area contributed by atoms with Crippen LogP contribution in [0.5, 0.6) is 0 Å². The van der Waals surface area contributed by atoms with E-state index in [9.17, 15) is 9.59 Å². The van der Waals surface area contributed by atoms with Crippen molar-refractivity contribution in [2.75, 3.05) is 26.3 Å². The van der Waals surface area contributed by atoms with E-state index >= 15 is 0 Å². The summed E-state index contributed by atoms with van der Waals surface area (Å²) in [4.78, 5) is 26.4. The minimum absolute atomic E-state index is 0.117. The molecule has 1 aliphatic rings. The molecule has 1 N–H and O–H groups in total. The number of halogens is 1. The lowest BCUT2D eigenvalue weighted by Crippen LogP contribution is -2.56. The number of ether oxygens (including phenoxy) is 1. The molecule has 1 aromatic rings. The van der Waals surface area contributed by atoms with Crippen LogP contribution in [0.15, 0.2) is 24.3 Å². The van der Waals surface area contributed by atoms with Crippen molar-refractivity contribution in [1.82, 2.24) is 10.2 Å². The van der Waals surface area contributed by atoms with Gasteiger partial charge in [-0.15, -0.1) is 0 Å². The maximum atomic E-state index is 12.6. The topological polar surface area (TPSA) is 58.6 Å². The summed E-state index contributed by atoms with van der Waals surface area (Å²) in [6.07, 6.45) is 0.865. The molecular formula is C15H19IN2O3. The van der Waals surface area contributed by atoms with Gasteiger partial charge in [-0.05, 0) is 47.2 Å². The minimum Gasteiger partial charge on any atom is -0.377 e. The second kappa shape index (κ2) is 7.74. The number of morpholine rings is 1. The molecule has 1 fully saturated rings. The molecule has 2 amide bonds. The van der Waals surface area contributed by atoms with Crippen molar-refractivity contribution in [2.45, 2.75) is 19.4 Å². The molecule has 1 saturated heterocycles. The summed E-state index contributed by atoms with van der Waals surface area (Å²) in [7, 11) is 0. The first-order chi connectivity index (χ1) is 10.1. The quantitative estimate of drug-likeness (QED) is 0.780. The molecule has 1 atom stereocenters. The Kier molecular flexibility index (Phi) is 5.98. The monoisotopic (exact) mass is 402 g/mol. The minimum atomic E-state index is -0.546. The van der Waals surface area contributed by atoms with E-state index in [2.05, 4.69) is 27.9 Å². The number of hydrogen-bond donors (Lipinski definition) is 1. The van der Waals surface area contributed by atoms with Crippen LogP contribution in [-0.2, 0) is 9.53 Å². The van der Waals surface area contributed by atoms with Crippen LogP contribution < -0.4 is 5.32 Å². The summed E-state index contributed by atoms with van der Waals surface area (Å²) >= 11 is 2.17. The Labute approximate surface area is 138 Å². The Morgan fingerprint density at radius 2 is 2.29 bits per heavy atom. The lowest BCUT2D eigenvalue weighted by Gasteiger charge is -2.34. The standard InChI is InChI=1S/C15H19IN2O3/c1-2-6-17-14(19)13-10-21-8-7-18(13)15(20)11-4-3-5-12(16)9-11/h3-5,9,13H,2,6-8,10H2,1H3,(H,17,19). The Hall–Kier alpha value is -1.15. The van der Waals surface area contributed by atoms with Crippen LogP contribution in [0, 0.1) is 3.57 Å². The fourth-order valence-corrected chi connectivity index (χ4v) is 2.76. The Balaban J connectivity index is 2.14. The van der Waals surface area contributed by atoms with Gasteiger partial charge in [0, 0.05) is 22.2 Å². The van der Waals surface area contributed by atoms with E-state index in [0.29, 0.717) is 25.3 Å². The van der Waals surface area contributed by atoms with Gasteiger partial charge in [0.2, 0.25) is 5.91 Å². The Morgan fingerprint density at radius 3 is 3.00 bits per heavy atom. The molecule has 6 heteroatoms. The zero-order chi connectivity index (χ0) is 15.2. The van der Waals surface area contributed by atoms with Crippen molar-refractivity contribution in [1.29, 1.82) is 0 Å². The van der Waals surface area contributed by atoms with Gasteiger partial charge in [0.15, 0.2) is 0 Å². The lowest BCUT2D eigenvalue weighted by molar-refractivity contribution is -0.130. The number of hydrogen-bond acceptors (Lipinski definition) is 3. The highest BCUT2D eigenvalue weighted by atomic mass is 127. The van der Waals surface area contributed by atoms with Crippen molar-refractivity contribution >= 4 is 34.4 Å². The van der Waals surface area contributed by atoms with Crippen molar-refractivity contribution in [3.63, 3.8) is 0 Å². The van der Waals surface area contributed by atoms with Crippen molar-refractivity contribution in [3.8, 4) is 0 Å². The third-order valence-electron chi connectivity index (χ3n) is 3.31. The summed E-state index contributed by atoms with van der Waals surface area (Å²) < 4.78 is 6.37. The molecule has 0 aliphatic carbocycles. The number of carbonyl (C=O) groups excluding carboxylic acids is 2. The van der Waals surface area contributed by atoms with Gasteiger partial charge in [0.25, 0.3) is 5.91 Å². The van der Waals surface area contributed by atoms with Crippen LogP contribution in [0.2, 0.25) is 0 Å². The third kappa shape index (κ3) is 4.16. The third-order valence-corrected chi connectivity index (χ3v) is 3.98. The van der Waals surface area contributed by atoms with E-state index in [4.69, 9.17) is 4.74 Å². The van der Waals surface area contributed by atoms with Crippen molar-refractivity contribution in [2.24, 2.45) is 0 Å². The van der Waals surface area contributed by atoms with Gasteiger partial charge in [-0.25, -0.2) is 0 Å². The first-order valence-corrected chi connectivity index (χ1v) is 8.13. The van der Waals surface area contributed by atoms with Gasteiger partial charge >= 0.3 is 0 Å². The first kappa shape index (κ1) is 16.2. The van der Waals surface area contributed by atoms with E-state index in [1.165, 1.54) is 0 Å². The van der Waals surface area contributed by atoms with Gasteiger partial charge in [-0.2, -0.15) is 0 Å². The number of benzene rings is 1. The molecule has 5 nitrogen and oxygen atoms in total. The summed E-state index contributed by atoms with van der Waals surface area (Å²) in [6, 6.07) is 6.85. The van der Waals surface area contributed by atoms with Crippen LogP contribution >= 0.6 is 22.6 Å². The van der Waals surface area contributed by atoms with Crippen molar-refractivity contribution < 1.29 is 14.3 Å². The fourth-order valence-electron chi connectivity index (χ4n) is 2.22. The van der Waals surface area contributed by atoms with E-state index in [-0.39, 0.29) is 18.4 Å². The van der Waals surface area contributed by atoms with E-state index < -0.39 is 6.04 Å². The van der Waals surface area contributed by atoms with Crippen LogP contribution in [-0.4, -0.2) is 49.1 Å². The molecule has 1 unspecified atom stereocenters. The average molecular weight is 402 g/mol. The van der Waals surface area contributed by atoms with Crippen LogP contribution in [0.25, 0.3) is 0 Å². The second-order valence-electron chi connectivity index (χ2n) is 4.89. The van der Waals surface area contributed by atoms with E-state index in [1.54, 1.807) is 11.0 Å². The van der Waals surface area contributed by atoms with Crippen LogP contribution in [0.4, 0.5) is 0 Å². The SMILES string of the molecule is CCCNC(=O)C1COCCN1C(=O)c1cccc(I)c1. The second-order valence-corrected chi connectivity index (χ2v) is 6.14. The van der Waals surface area contributed by atoms with Crippen LogP contribution in [0.1, 0.15) is 23.7 Å². The van der Waals surface area contributed by atoms with Gasteiger partial charge in [0.1, 0.15) is 6.04 Å². The highest BCUT2D eigenvalue weighted by Gasteiger charge is 2.33. The van der Waals surface area contributed by atoms with Gasteiger partial charge in [-0.3, -0.25) is 9.59 Å². The lowest BCUT2D eigenvalue weighted by atomic mass is 10.1. The molecule has 0 aromatic heterocycles. The smallest absolute Gasteiger partial charge is 0.254 e. The van der Waals surface area contributed by atoms with Gasteiger partial charge in [-0.1, -0.05) is 13.0 Å². The van der Waals surface area contributed by atoms with Crippen LogP contribution in [0.3, 0.4) is 0 Å². The molecule has 0 bridgehead atoms. The molecule has 0 saturated carbocycles. The fraction of sp³-hybridized carbons (Fsp3) is 0.467. The number of carbonyl (C=O) groups is 2. The molecule has 0 radical (unpaired) electrons. The molecule has 21 heavy (non-hydrogen) atoms. The largest absolute Gasteiger partial charge is 0.377 e. The molecule has 0 spiro atoms. The highest BCUT2D eigenvalue weighted by Crippen LogP contribution is 2.15. The zero-order valence-corrected chi connectivity index (χ0v) is 14.1. The maximum Gasteiger partial charge on any atom is 0.254 e. The summed E-state index contributed by atoms with van der Waals surface area (Å²) in [5.74, 6) is -0.260. The molecule has 1 aromatic carbocycles. The Bertz CT molecular complexity index is 521. The van der Waals surface area contributed by atoms with Crippen molar-refractivity contribution in [3.05, 3.63) is 33.4 Å². The number of rotatable bonds is 4. The molecule has 1 aliphatic heterocycles. The molecule has 1 heterocycles. The predicted molar refractivity (Wildman–Crippen MR) is 88.1 cm³/mol. The Morgan fingerprint density at radius 1 is 1.48 bits per heavy atom. The van der Waals surface area contributed by atoms with Gasteiger partial charge in [0.05, 0.1) is 13.2 Å². The zero-order valence-electron chi connectivity index (χ0n) is 12.0. The van der Waals surface area contributed by atoms with E-state index in [1.807, 2.05) is 25.1 Å².